The zero-order valence-electron chi connectivity index (χ0n) is 17.1. The maximum atomic E-state index is 14.0. The Balaban J connectivity index is 1.97. The minimum Gasteiger partial charge on any atom is -0.477 e. The van der Waals surface area contributed by atoms with Gasteiger partial charge in [-0.15, -0.1) is 23.2 Å². The molecule has 2 heterocycles. The Morgan fingerprint density at radius 3 is 2.80 bits per heavy atom. The molecule has 3 atom stereocenters. The van der Waals surface area contributed by atoms with Gasteiger partial charge in [0.05, 0.1) is 12.1 Å². The predicted octanol–water partition coefficient (Wildman–Crippen LogP) is 3.97. The molecule has 0 spiro atoms. The van der Waals surface area contributed by atoms with Gasteiger partial charge in [0.1, 0.15) is 4.88 Å². The van der Waals surface area contributed by atoms with Gasteiger partial charge in [0.25, 0.3) is 5.91 Å². The molecule has 30 heavy (non-hydrogen) atoms. The van der Waals surface area contributed by atoms with Crippen LogP contribution in [0.3, 0.4) is 0 Å². The number of aliphatic hydroxyl groups is 1. The van der Waals surface area contributed by atoms with Crippen LogP contribution in [0, 0.1) is 17.8 Å². The van der Waals surface area contributed by atoms with Gasteiger partial charge in [-0.05, 0) is 30.9 Å². The lowest BCUT2D eigenvalue weighted by molar-refractivity contribution is -0.148. The number of thiophene rings is 1. The maximum Gasteiger partial charge on any atom is 0.345 e. The maximum absolute atomic E-state index is 14.0. The van der Waals surface area contributed by atoms with Gasteiger partial charge < -0.3 is 15.1 Å². The first-order valence-electron chi connectivity index (χ1n) is 9.98. The van der Waals surface area contributed by atoms with Crippen LogP contribution in [0.5, 0.6) is 0 Å². The molecule has 164 valence electrons. The Bertz CT molecular complexity index is 840. The summed E-state index contributed by atoms with van der Waals surface area (Å²) in [5.74, 6) is 0.123. The number of halogens is 2. The van der Waals surface area contributed by atoms with E-state index in [0.29, 0.717) is 19.3 Å². The Labute approximate surface area is 179 Å². The van der Waals surface area contributed by atoms with Gasteiger partial charge in [0.2, 0.25) is 0 Å². The average molecular weight is 440 g/mol. The fourth-order valence-corrected chi connectivity index (χ4v) is 4.11. The monoisotopic (exact) mass is 439 g/mol. The van der Waals surface area contributed by atoms with E-state index in [2.05, 4.69) is 11.8 Å². The quantitative estimate of drug-likeness (QED) is 0.451. The fourth-order valence-electron chi connectivity index (χ4n) is 3.22. The lowest BCUT2D eigenvalue weighted by atomic mass is 9.99. The highest BCUT2D eigenvalue weighted by molar-refractivity contribution is 7.13. The Morgan fingerprint density at radius 1 is 1.43 bits per heavy atom. The van der Waals surface area contributed by atoms with Crippen molar-refractivity contribution in [3.63, 3.8) is 0 Å². The van der Waals surface area contributed by atoms with E-state index in [1.54, 1.807) is 6.07 Å². The average Bonchev–Trinajstić information content (AvgIpc) is 3.24. The van der Waals surface area contributed by atoms with Gasteiger partial charge in [-0.3, -0.25) is 4.79 Å². The number of rotatable bonds is 9. The second kappa shape index (κ2) is 10.7. The van der Waals surface area contributed by atoms with Gasteiger partial charge in [-0.2, -0.15) is 8.78 Å². The van der Waals surface area contributed by atoms with Crippen molar-refractivity contribution in [1.29, 1.82) is 0 Å². The van der Waals surface area contributed by atoms with Crippen molar-refractivity contribution >= 4 is 23.2 Å². The van der Waals surface area contributed by atoms with Gasteiger partial charge in [-0.1, -0.05) is 26.0 Å². The van der Waals surface area contributed by atoms with E-state index in [1.807, 2.05) is 13.8 Å². The molecule has 0 bridgehead atoms. The van der Waals surface area contributed by atoms with E-state index >= 15 is 0 Å². The normalized spacial score (nSPS) is 20.2. The smallest absolute Gasteiger partial charge is 0.345 e. The molecule has 0 aromatic carbocycles. The van der Waals surface area contributed by atoms with Crippen LogP contribution in [-0.4, -0.2) is 51.6 Å². The molecule has 1 unspecified atom stereocenters. The van der Waals surface area contributed by atoms with Crippen LogP contribution < -0.4 is 0 Å². The lowest BCUT2D eigenvalue weighted by Gasteiger charge is -2.22. The Kier molecular flexibility index (Phi) is 8.56. The van der Waals surface area contributed by atoms with Crippen molar-refractivity contribution in [1.82, 2.24) is 4.90 Å². The number of carbonyl (C=O) groups excluding carboxylic acids is 1. The van der Waals surface area contributed by atoms with Gasteiger partial charge in [-0.25, -0.2) is 4.79 Å². The third-order valence-electron chi connectivity index (χ3n) is 4.97. The van der Waals surface area contributed by atoms with Crippen molar-refractivity contribution in [2.45, 2.75) is 64.0 Å². The van der Waals surface area contributed by atoms with Crippen molar-refractivity contribution < 1.29 is 28.6 Å². The molecule has 1 aliphatic heterocycles. The molecule has 2 N–H and O–H groups in total. The summed E-state index contributed by atoms with van der Waals surface area (Å²) in [4.78, 5) is 25.3. The van der Waals surface area contributed by atoms with Gasteiger partial charge in [0, 0.05) is 30.7 Å². The Hall–Kier alpha value is -2.24. The summed E-state index contributed by atoms with van der Waals surface area (Å²) in [6.45, 7) is 3.90. The standard InChI is InChI=1S/C22H27F2NO4S/c1-3-4-5-7-15(2)18(26)11-9-16-14-22(23,24)21(29)25(16)13-6-8-17-10-12-19(30-17)20(27)28/h9-12,15-16,18,26H,3,6-8,13-14H2,1-2H3,(H,27,28)/b11-9+/t15-,16?,18+/m0/s1. The summed E-state index contributed by atoms with van der Waals surface area (Å²) in [6.07, 6.45) is 3.70. The molecule has 0 aliphatic carbocycles. The molecular formula is C22H27F2NO4S. The number of nitrogens with zero attached hydrogens (tertiary/aromatic N) is 1. The summed E-state index contributed by atoms with van der Waals surface area (Å²) >= 11 is 1.14. The number of carbonyl (C=O) groups is 2. The summed E-state index contributed by atoms with van der Waals surface area (Å²) in [6, 6.07) is 2.43. The lowest BCUT2D eigenvalue weighted by Crippen LogP contribution is -2.36. The van der Waals surface area contributed by atoms with Crippen LogP contribution in [0.4, 0.5) is 8.78 Å². The third kappa shape index (κ3) is 6.38. The van der Waals surface area contributed by atoms with E-state index in [0.717, 1.165) is 27.5 Å². The minimum atomic E-state index is -3.42. The molecule has 0 saturated carbocycles. The van der Waals surface area contributed by atoms with Gasteiger partial charge >= 0.3 is 11.9 Å². The van der Waals surface area contributed by atoms with Crippen LogP contribution in [0.25, 0.3) is 0 Å². The first-order valence-corrected chi connectivity index (χ1v) is 10.8. The molecular weight excluding hydrogens is 412 g/mol. The highest BCUT2D eigenvalue weighted by Gasteiger charge is 2.52. The Morgan fingerprint density at radius 2 is 2.17 bits per heavy atom. The number of aryl methyl sites for hydroxylation is 1. The van der Waals surface area contributed by atoms with E-state index in [9.17, 15) is 23.5 Å². The van der Waals surface area contributed by atoms with Crippen LogP contribution in [0.2, 0.25) is 0 Å². The topological polar surface area (TPSA) is 77.8 Å². The number of alkyl halides is 2. The van der Waals surface area contributed by atoms with Gasteiger partial charge in [0.15, 0.2) is 0 Å². The molecule has 8 heteroatoms. The second-order valence-electron chi connectivity index (χ2n) is 7.41. The van der Waals surface area contributed by atoms with E-state index in [-0.39, 0.29) is 17.3 Å². The first-order chi connectivity index (χ1) is 14.2. The van der Waals surface area contributed by atoms with Crippen LogP contribution >= 0.6 is 11.3 Å². The molecule has 1 aliphatic rings. The zero-order chi connectivity index (χ0) is 22.3. The summed E-state index contributed by atoms with van der Waals surface area (Å²) < 4.78 is 28.0. The highest BCUT2D eigenvalue weighted by Crippen LogP contribution is 2.34. The fraction of sp³-hybridized carbons (Fsp3) is 0.545. The van der Waals surface area contributed by atoms with E-state index in [4.69, 9.17) is 5.11 Å². The summed E-state index contributed by atoms with van der Waals surface area (Å²) in [5.41, 5.74) is 0. The molecule has 1 aromatic rings. The number of hydrogen-bond acceptors (Lipinski definition) is 4. The molecule has 1 fully saturated rings. The van der Waals surface area contributed by atoms with E-state index in [1.165, 1.54) is 18.2 Å². The highest BCUT2D eigenvalue weighted by atomic mass is 32.1. The van der Waals surface area contributed by atoms with Crippen molar-refractivity contribution in [3.8, 4) is 11.8 Å². The molecule has 0 radical (unpaired) electrons. The molecule has 1 amide bonds. The summed E-state index contributed by atoms with van der Waals surface area (Å²) in [7, 11) is 0. The van der Waals surface area contributed by atoms with Crippen molar-refractivity contribution in [2.75, 3.05) is 6.54 Å². The number of carboxylic acids is 1. The number of amides is 1. The van der Waals surface area contributed by atoms with Crippen LogP contribution in [-0.2, 0) is 11.2 Å². The summed E-state index contributed by atoms with van der Waals surface area (Å²) in [5, 5.41) is 19.2. The molecule has 1 saturated heterocycles. The number of hydrogen-bond donors (Lipinski definition) is 2. The first kappa shape index (κ1) is 24.0. The number of aromatic carboxylic acids is 1. The van der Waals surface area contributed by atoms with E-state index < -0.39 is 36.4 Å². The number of carboxylic acid groups (broad SMARTS) is 1. The van der Waals surface area contributed by atoms with Crippen LogP contribution in [0.15, 0.2) is 24.3 Å². The molecule has 5 nitrogen and oxygen atoms in total. The van der Waals surface area contributed by atoms with Crippen LogP contribution in [0.1, 0.15) is 54.1 Å². The predicted molar refractivity (Wildman–Crippen MR) is 112 cm³/mol. The largest absolute Gasteiger partial charge is 0.477 e. The second-order valence-corrected chi connectivity index (χ2v) is 8.58. The third-order valence-corrected chi connectivity index (χ3v) is 6.11. The minimum absolute atomic E-state index is 0.136. The molecule has 2 rings (SSSR count). The number of likely N-dealkylation sites (tertiary alicyclic amines) is 1. The number of aliphatic hydroxyl groups excluding tert-OH is 1. The molecule has 1 aromatic heterocycles. The van der Waals surface area contributed by atoms with Crippen molar-refractivity contribution in [3.05, 3.63) is 34.0 Å². The zero-order valence-corrected chi connectivity index (χ0v) is 17.9. The SMILES string of the molecule is CCC#CC[C@H](C)[C@H](O)/C=C/C1CC(F)(F)C(=O)N1CCCc1ccc(C(=O)O)s1. The van der Waals surface area contributed by atoms with Crippen molar-refractivity contribution in [2.24, 2.45) is 5.92 Å².